The fraction of sp³-hybridized carbons (Fsp3) is 0.636. The summed E-state index contributed by atoms with van der Waals surface area (Å²) in [6.45, 7) is 8.73. The monoisotopic (exact) mass is 438 g/mol. The number of carbonyl (C=O) groups excluding carboxylic acids is 2. The second-order valence-electron chi connectivity index (χ2n) is 8.55. The van der Waals surface area contributed by atoms with Gasteiger partial charge in [0.2, 0.25) is 6.54 Å². The fourth-order valence-electron chi connectivity index (χ4n) is 3.05. The zero-order chi connectivity index (χ0) is 23.5. The Kier molecular flexibility index (Phi) is 10.4. The summed E-state index contributed by atoms with van der Waals surface area (Å²) in [5.74, 6) is -1.37. The Bertz CT molecular complexity index is 718. The molecule has 0 radical (unpaired) electrons. The lowest BCUT2D eigenvalue weighted by Gasteiger charge is -2.36. The molecule has 9 nitrogen and oxygen atoms in total. The van der Waals surface area contributed by atoms with E-state index in [9.17, 15) is 19.7 Å². The van der Waals surface area contributed by atoms with E-state index in [4.69, 9.17) is 14.2 Å². The summed E-state index contributed by atoms with van der Waals surface area (Å²) >= 11 is 0. The Labute approximate surface area is 183 Å². The molecule has 0 heterocycles. The van der Waals surface area contributed by atoms with Crippen molar-refractivity contribution in [2.24, 2.45) is 5.92 Å². The minimum atomic E-state index is -1.13. The first-order valence-electron chi connectivity index (χ1n) is 10.4. The van der Waals surface area contributed by atoms with Gasteiger partial charge in [0.1, 0.15) is 5.60 Å². The van der Waals surface area contributed by atoms with Gasteiger partial charge in [-0.1, -0.05) is 30.3 Å². The number of nitro groups is 1. The second kappa shape index (κ2) is 12.2. The number of nitrogens with one attached hydrogen (secondary N) is 1. The summed E-state index contributed by atoms with van der Waals surface area (Å²) in [5.41, 5.74) is -0.884. The van der Waals surface area contributed by atoms with Crippen molar-refractivity contribution < 1.29 is 28.7 Å². The third kappa shape index (κ3) is 10.8. The number of ether oxygens (including phenoxy) is 3. The van der Waals surface area contributed by atoms with Crippen molar-refractivity contribution >= 4 is 12.1 Å². The molecule has 9 heteroatoms. The van der Waals surface area contributed by atoms with Crippen molar-refractivity contribution in [1.82, 2.24) is 5.32 Å². The standard InChI is InChI=1S/C22H34N2O7/c1-6-30-19(25)14-18(15-24(27)28)22(5,23-20(26)31-21(2,3)4)12-13-29-16-17-10-8-7-9-11-17/h7-11,18H,6,12-16H2,1-5H3,(H,23,26). The molecule has 1 amide bonds. The van der Waals surface area contributed by atoms with Gasteiger partial charge in [0, 0.05) is 11.5 Å². The van der Waals surface area contributed by atoms with Gasteiger partial charge in [-0.2, -0.15) is 0 Å². The van der Waals surface area contributed by atoms with Gasteiger partial charge in [0.05, 0.1) is 31.1 Å². The van der Waals surface area contributed by atoms with E-state index < -0.39 is 40.6 Å². The number of hydrogen-bond acceptors (Lipinski definition) is 7. The lowest BCUT2D eigenvalue weighted by Crippen LogP contribution is -2.55. The molecule has 174 valence electrons. The molecule has 1 aromatic carbocycles. The van der Waals surface area contributed by atoms with Gasteiger partial charge in [-0.15, -0.1) is 0 Å². The lowest BCUT2D eigenvalue weighted by atomic mass is 9.80. The SMILES string of the molecule is CCOC(=O)CC(C[N+](=O)[O-])C(C)(CCOCc1ccccc1)NC(=O)OC(C)(C)C. The van der Waals surface area contributed by atoms with Crippen LogP contribution in [0.1, 0.15) is 53.0 Å². The number of rotatable bonds is 12. The van der Waals surface area contributed by atoms with Gasteiger partial charge >= 0.3 is 12.1 Å². The molecule has 0 aliphatic carbocycles. The molecular weight excluding hydrogens is 404 g/mol. The molecule has 0 aliphatic heterocycles. The molecule has 2 unspecified atom stereocenters. The summed E-state index contributed by atoms with van der Waals surface area (Å²) in [5, 5.41) is 14.1. The highest BCUT2D eigenvalue weighted by Gasteiger charge is 2.41. The predicted molar refractivity (Wildman–Crippen MR) is 115 cm³/mol. The Hall–Kier alpha value is -2.68. The third-order valence-electron chi connectivity index (χ3n) is 4.65. The van der Waals surface area contributed by atoms with Crippen LogP contribution in [-0.2, 0) is 25.6 Å². The fourth-order valence-corrected chi connectivity index (χ4v) is 3.05. The van der Waals surface area contributed by atoms with Gasteiger partial charge in [0.15, 0.2) is 0 Å². The minimum Gasteiger partial charge on any atom is -0.466 e. The predicted octanol–water partition coefficient (Wildman–Crippen LogP) is 3.72. The van der Waals surface area contributed by atoms with Crippen LogP contribution in [0.4, 0.5) is 4.79 Å². The van der Waals surface area contributed by atoms with Crippen LogP contribution in [-0.4, -0.2) is 47.9 Å². The number of hydrogen-bond donors (Lipinski definition) is 1. The van der Waals surface area contributed by atoms with E-state index in [1.165, 1.54) is 0 Å². The maximum atomic E-state index is 12.5. The van der Waals surface area contributed by atoms with E-state index in [0.29, 0.717) is 6.61 Å². The lowest BCUT2D eigenvalue weighted by molar-refractivity contribution is -0.490. The number of carbonyl (C=O) groups is 2. The number of nitrogens with zero attached hydrogens (tertiary/aromatic N) is 1. The molecular formula is C22H34N2O7. The van der Waals surface area contributed by atoms with E-state index >= 15 is 0 Å². The number of alkyl carbamates (subject to hydrolysis) is 1. The van der Waals surface area contributed by atoms with Crippen molar-refractivity contribution in [3.05, 3.63) is 46.0 Å². The molecule has 2 atom stereocenters. The van der Waals surface area contributed by atoms with Crippen LogP contribution in [0.5, 0.6) is 0 Å². The van der Waals surface area contributed by atoms with E-state index in [1.54, 1.807) is 34.6 Å². The molecule has 1 N–H and O–H groups in total. The minimum absolute atomic E-state index is 0.167. The molecule has 0 aliphatic rings. The van der Waals surface area contributed by atoms with Crippen molar-refractivity contribution in [3.8, 4) is 0 Å². The average Bonchev–Trinajstić information content (AvgIpc) is 2.64. The first-order valence-corrected chi connectivity index (χ1v) is 10.4. The number of amides is 1. The second-order valence-corrected chi connectivity index (χ2v) is 8.55. The number of benzene rings is 1. The first-order chi connectivity index (χ1) is 14.4. The molecule has 0 bridgehead atoms. The highest BCUT2D eigenvalue weighted by molar-refractivity contribution is 5.71. The van der Waals surface area contributed by atoms with Crippen molar-refractivity contribution in [3.63, 3.8) is 0 Å². The summed E-state index contributed by atoms with van der Waals surface area (Å²) in [7, 11) is 0. The average molecular weight is 439 g/mol. The Morgan fingerprint density at radius 1 is 1.16 bits per heavy atom. The van der Waals surface area contributed by atoms with Crippen LogP contribution >= 0.6 is 0 Å². The Morgan fingerprint density at radius 2 is 1.81 bits per heavy atom. The van der Waals surface area contributed by atoms with Crippen molar-refractivity contribution in [2.75, 3.05) is 19.8 Å². The van der Waals surface area contributed by atoms with E-state index in [2.05, 4.69) is 5.32 Å². The van der Waals surface area contributed by atoms with E-state index in [-0.39, 0.29) is 26.1 Å². The van der Waals surface area contributed by atoms with E-state index in [0.717, 1.165) is 5.56 Å². The van der Waals surface area contributed by atoms with Gasteiger partial charge in [-0.05, 0) is 46.6 Å². The maximum Gasteiger partial charge on any atom is 0.408 e. The molecule has 1 aromatic rings. The van der Waals surface area contributed by atoms with E-state index in [1.807, 2.05) is 30.3 Å². The zero-order valence-corrected chi connectivity index (χ0v) is 19.0. The summed E-state index contributed by atoms with van der Waals surface area (Å²) in [6, 6.07) is 9.56. The van der Waals surface area contributed by atoms with Gasteiger partial charge in [-0.25, -0.2) is 4.79 Å². The first kappa shape index (κ1) is 26.4. The topological polar surface area (TPSA) is 117 Å². The highest BCUT2D eigenvalue weighted by Crippen LogP contribution is 2.27. The summed E-state index contributed by atoms with van der Waals surface area (Å²) in [4.78, 5) is 35.4. The third-order valence-corrected chi connectivity index (χ3v) is 4.65. The van der Waals surface area contributed by atoms with Crippen LogP contribution in [0, 0.1) is 16.0 Å². The maximum absolute atomic E-state index is 12.5. The Morgan fingerprint density at radius 3 is 2.35 bits per heavy atom. The normalized spacial score (nSPS) is 14.2. The molecule has 0 saturated carbocycles. The summed E-state index contributed by atoms with van der Waals surface area (Å²) < 4.78 is 16.0. The number of esters is 1. The van der Waals surface area contributed by atoms with Crippen LogP contribution in [0.15, 0.2) is 30.3 Å². The quantitative estimate of drug-likeness (QED) is 0.229. The smallest absolute Gasteiger partial charge is 0.408 e. The zero-order valence-electron chi connectivity index (χ0n) is 19.0. The molecule has 0 fully saturated rings. The van der Waals surface area contributed by atoms with Crippen molar-refractivity contribution in [2.45, 2.75) is 65.2 Å². The van der Waals surface area contributed by atoms with Crippen LogP contribution in [0.25, 0.3) is 0 Å². The van der Waals surface area contributed by atoms with Crippen LogP contribution < -0.4 is 5.32 Å². The van der Waals surface area contributed by atoms with Crippen molar-refractivity contribution in [1.29, 1.82) is 0 Å². The molecule has 1 rings (SSSR count). The summed E-state index contributed by atoms with van der Waals surface area (Å²) in [6.07, 6.45) is -0.674. The molecule has 0 saturated heterocycles. The van der Waals surface area contributed by atoms with Crippen LogP contribution in [0.2, 0.25) is 0 Å². The van der Waals surface area contributed by atoms with Crippen LogP contribution in [0.3, 0.4) is 0 Å². The Balaban J connectivity index is 2.96. The molecule has 0 aromatic heterocycles. The molecule has 0 spiro atoms. The largest absolute Gasteiger partial charge is 0.466 e. The van der Waals surface area contributed by atoms with Gasteiger partial charge in [-0.3, -0.25) is 14.9 Å². The molecule has 31 heavy (non-hydrogen) atoms. The van der Waals surface area contributed by atoms with Gasteiger partial charge < -0.3 is 19.5 Å². The highest BCUT2D eigenvalue weighted by atomic mass is 16.6. The van der Waals surface area contributed by atoms with Gasteiger partial charge in [0.25, 0.3) is 0 Å².